The van der Waals surface area contributed by atoms with Crippen LogP contribution in [0.1, 0.15) is 24.3 Å². The van der Waals surface area contributed by atoms with Gasteiger partial charge in [0.05, 0.1) is 18.6 Å². The Morgan fingerprint density at radius 1 is 1.03 bits per heavy atom. The number of hydrogen-bond donors (Lipinski definition) is 0. The van der Waals surface area contributed by atoms with Crippen LogP contribution in [0.25, 0.3) is 17.4 Å². The molecule has 0 unspecified atom stereocenters. The molecule has 2 aromatic carbocycles. The lowest BCUT2D eigenvalue weighted by Crippen LogP contribution is -2.18. The molecule has 1 aromatic heterocycles. The van der Waals surface area contributed by atoms with Gasteiger partial charge in [0.15, 0.2) is 5.76 Å². The van der Waals surface area contributed by atoms with Crippen LogP contribution in [0.5, 0.6) is 5.75 Å². The molecule has 1 fully saturated rings. The van der Waals surface area contributed by atoms with Gasteiger partial charge in [-0.3, -0.25) is 4.90 Å². The molecule has 30 heavy (non-hydrogen) atoms. The Kier molecular flexibility index (Phi) is 7.64. The molecule has 0 saturated carbocycles. The van der Waals surface area contributed by atoms with E-state index in [-0.39, 0.29) is 0 Å². The molecular formula is C25H28N2O2S. The highest BCUT2D eigenvalue weighted by Crippen LogP contribution is 2.23. The molecule has 3 aromatic rings. The zero-order valence-corrected chi connectivity index (χ0v) is 18.0. The van der Waals surface area contributed by atoms with Crippen LogP contribution in [0, 0.1) is 0 Å². The highest BCUT2D eigenvalue weighted by molar-refractivity contribution is 7.98. The predicted molar refractivity (Wildman–Crippen MR) is 125 cm³/mol. The quantitative estimate of drug-likeness (QED) is 0.390. The van der Waals surface area contributed by atoms with Crippen LogP contribution in [-0.4, -0.2) is 41.9 Å². The fourth-order valence-corrected chi connectivity index (χ4v) is 4.12. The van der Waals surface area contributed by atoms with Gasteiger partial charge in [-0.05, 0) is 43.6 Å². The Balaban J connectivity index is 1.20. The molecule has 5 heteroatoms. The Labute approximate surface area is 183 Å². The third-order valence-corrected chi connectivity index (χ3v) is 5.99. The van der Waals surface area contributed by atoms with Crippen LogP contribution in [0.3, 0.4) is 0 Å². The minimum atomic E-state index is 0.676. The summed E-state index contributed by atoms with van der Waals surface area (Å²) < 4.78 is 11.6. The summed E-state index contributed by atoms with van der Waals surface area (Å²) in [5, 5.41) is 0. The van der Waals surface area contributed by atoms with Crippen molar-refractivity contribution in [2.45, 2.75) is 18.6 Å². The Morgan fingerprint density at radius 3 is 2.63 bits per heavy atom. The van der Waals surface area contributed by atoms with Gasteiger partial charge >= 0.3 is 0 Å². The van der Waals surface area contributed by atoms with Crippen LogP contribution in [0.2, 0.25) is 0 Å². The second-order valence-corrected chi connectivity index (χ2v) is 8.47. The normalized spacial score (nSPS) is 14.5. The molecule has 0 radical (unpaired) electrons. The number of benzene rings is 2. The van der Waals surface area contributed by atoms with Gasteiger partial charge in [0.1, 0.15) is 5.75 Å². The van der Waals surface area contributed by atoms with Gasteiger partial charge in [0, 0.05) is 17.9 Å². The van der Waals surface area contributed by atoms with E-state index in [1.807, 2.05) is 36.5 Å². The number of ether oxygens (including phenoxy) is 1. The van der Waals surface area contributed by atoms with Crippen LogP contribution in [-0.2, 0) is 5.75 Å². The van der Waals surface area contributed by atoms with Crippen molar-refractivity contribution in [3.63, 3.8) is 0 Å². The minimum absolute atomic E-state index is 0.676. The van der Waals surface area contributed by atoms with E-state index < -0.39 is 0 Å². The lowest BCUT2D eigenvalue weighted by Gasteiger charge is -2.10. The summed E-state index contributed by atoms with van der Waals surface area (Å²) >= 11 is 1.76. The van der Waals surface area contributed by atoms with E-state index in [4.69, 9.17) is 9.15 Å². The zero-order valence-electron chi connectivity index (χ0n) is 17.2. The van der Waals surface area contributed by atoms with Crippen molar-refractivity contribution < 1.29 is 9.15 Å². The number of para-hydroxylation sites is 1. The van der Waals surface area contributed by atoms with Gasteiger partial charge < -0.3 is 9.15 Å². The number of thioether (sulfide) groups is 1. The molecule has 1 aliphatic rings. The van der Waals surface area contributed by atoms with Crippen molar-refractivity contribution in [1.82, 2.24) is 9.88 Å². The van der Waals surface area contributed by atoms with Crippen molar-refractivity contribution in [2.24, 2.45) is 0 Å². The first kappa shape index (κ1) is 20.8. The third-order valence-electron chi connectivity index (χ3n) is 5.09. The SMILES string of the molecule is C(=C\c1ccc(-c2cnc(CSCCOc3ccccc3)o2)cc1)/CN1CCCC1. The fraction of sp³-hybridized carbons (Fsp3) is 0.320. The molecule has 156 valence electrons. The van der Waals surface area contributed by atoms with Gasteiger partial charge in [-0.25, -0.2) is 4.98 Å². The van der Waals surface area contributed by atoms with E-state index in [1.165, 1.54) is 31.5 Å². The summed E-state index contributed by atoms with van der Waals surface area (Å²) in [6, 6.07) is 18.4. The smallest absolute Gasteiger partial charge is 0.204 e. The van der Waals surface area contributed by atoms with Crippen LogP contribution >= 0.6 is 11.8 Å². The summed E-state index contributed by atoms with van der Waals surface area (Å²) in [5.74, 6) is 4.12. The summed E-state index contributed by atoms with van der Waals surface area (Å²) in [6.45, 7) is 4.18. The van der Waals surface area contributed by atoms with E-state index in [0.29, 0.717) is 6.61 Å². The number of oxazole rings is 1. The molecule has 1 saturated heterocycles. The van der Waals surface area contributed by atoms with Gasteiger partial charge in [0.25, 0.3) is 0 Å². The molecule has 0 bridgehead atoms. The third kappa shape index (κ3) is 6.25. The standard InChI is InChI=1S/C25H28N2O2S/c1-2-8-23(9-3-1)28-17-18-30-20-25-26-19-24(29-25)22-12-10-21(11-13-22)7-6-16-27-14-4-5-15-27/h1-3,6-13,19H,4-5,14-18,20H2/b7-6+. The second kappa shape index (κ2) is 11.0. The molecule has 1 aliphatic heterocycles. The average Bonchev–Trinajstić information content (AvgIpc) is 3.47. The Morgan fingerprint density at radius 2 is 1.83 bits per heavy atom. The molecular weight excluding hydrogens is 392 g/mol. The van der Waals surface area contributed by atoms with E-state index in [1.54, 1.807) is 11.8 Å². The van der Waals surface area contributed by atoms with E-state index >= 15 is 0 Å². The van der Waals surface area contributed by atoms with E-state index in [0.717, 1.165) is 41.0 Å². The Bertz CT molecular complexity index is 916. The molecule has 0 atom stereocenters. The molecule has 2 heterocycles. The first-order chi connectivity index (χ1) is 14.9. The summed E-state index contributed by atoms with van der Waals surface area (Å²) in [6.07, 6.45) is 8.94. The molecule has 4 rings (SSSR count). The maximum absolute atomic E-state index is 5.93. The van der Waals surface area contributed by atoms with E-state index in [2.05, 4.69) is 46.3 Å². The van der Waals surface area contributed by atoms with Crippen molar-refractivity contribution in [3.8, 4) is 17.1 Å². The van der Waals surface area contributed by atoms with Crippen LogP contribution < -0.4 is 4.74 Å². The molecule has 0 amide bonds. The number of hydrogen-bond acceptors (Lipinski definition) is 5. The number of aromatic nitrogens is 1. The van der Waals surface area contributed by atoms with Crippen molar-refractivity contribution in [2.75, 3.05) is 32.0 Å². The fourth-order valence-electron chi connectivity index (χ4n) is 3.47. The minimum Gasteiger partial charge on any atom is -0.493 e. The van der Waals surface area contributed by atoms with Crippen LogP contribution in [0.15, 0.2) is 71.3 Å². The molecule has 4 nitrogen and oxygen atoms in total. The lowest BCUT2D eigenvalue weighted by molar-refractivity contribution is 0.344. The monoisotopic (exact) mass is 420 g/mol. The molecule has 0 spiro atoms. The van der Waals surface area contributed by atoms with E-state index in [9.17, 15) is 0 Å². The lowest BCUT2D eigenvalue weighted by atomic mass is 10.1. The van der Waals surface area contributed by atoms with Crippen molar-refractivity contribution >= 4 is 17.8 Å². The highest BCUT2D eigenvalue weighted by atomic mass is 32.2. The topological polar surface area (TPSA) is 38.5 Å². The predicted octanol–water partition coefficient (Wildman–Crippen LogP) is 5.76. The maximum atomic E-state index is 5.93. The van der Waals surface area contributed by atoms with Crippen molar-refractivity contribution in [3.05, 3.63) is 78.3 Å². The average molecular weight is 421 g/mol. The first-order valence-corrected chi connectivity index (χ1v) is 11.7. The van der Waals surface area contributed by atoms with Gasteiger partial charge in [-0.2, -0.15) is 0 Å². The first-order valence-electron chi connectivity index (χ1n) is 10.6. The molecule has 0 aliphatic carbocycles. The van der Waals surface area contributed by atoms with Crippen LogP contribution in [0.4, 0.5) is 0 Å². The van der Waals surface area contributed by atoms with Gasteiger partial charge in [0.2, 0.25) is 5.89 Å². The molecule has 0 N–H and O–H groups in total. The largest absolute Gasteiger partial charge is 0.493 e. The van der Waals surface area contributed by atoms with Crippen molar-refractivity contribution in [1.29, 1.82) is 0 Å². The number of likely N-dealkylation sites (tertiary alicyclic amines) is 1. The number of rotatable bonds is 10. The summed E-state index contributed by atoms with van der Waals surface area (Å²) in [5.41, 5.74) is 2.27. The maximum Gasteiger partial charge on any atom is 0.204 e. The van der Waals surface area contributed by atoms with Gasteiger partial charge in [-0.15, -0.1) is 11.8 Å². The highest BCUT2D eigenvalue weighted by Gasteiger charge is 2.09. The summed E-state index contributed by atoms with van der Waals surface area (Å²) in [7, 11) is 0. The number of nitrogens with zero attached hydrogens (tertiary/aromatic N) is 2. The Hall–Kier alpha value is -2.50. The van der Waals surface area contributed by atoms with Gasteiger partial charge in [-0.1, -0.05) is 54.6 Å². The summed E-state index contributed by atoms with van der Waals surface area (Å²) in [4.78, 5) is 6.91. The second-order valence-electron chi connectivity index (χ2n) is 7.36. The zero-order chi connectivity index (χ0) is 20.4.